The number of nitrogens with zero attached hydrogens (tertiary/aromatic N) is 6. The van der Waals surface area contributed by atoms with Crippen LogP contribution in [0.25, 0.3) is 0 Å². The van der Waals surface area contributed by atoms with E-state index in [-0.39, 0.29) is 48.8 Å². The van der Waals surface area contributed by atoms with Crippen molar-refractivity contribution in [1.29, 1.82) is 0 Å². The van der Waals surface area contributed by atoms with Crippen molar-refractivity contribution in [3.05, 3.63) is 58.7 Å². The van der Waals surface area contributed by atoms with E-state index < -0.39 is 24.2 Å². The number of carbonyl (C=O) groups is 6. The molecule has 350 valence electrons. The molecule has 0 radical (unpaired) electrons. The number of aliphatic hydroxyl groups is 1. The van der Waals surface area contributed by atoms with E-state index in [0.29, 0.717) is 29.7 Å². The van der Waals surface area contributed by atoms with Crippen molar-refractivity contribution in [2.45, 2.75) is 89.1 Å². The van der Waals surface area contributed by atoms with Gasteiger partial charge in [0.1, 0.15) is 12.1 Å². The maximum atomic E-state index is 13.1. The summed E-state index contributed by atoms with van der Waals surface area (Å²) in [5.41, 5.74) is 4.74. The third-order valence-corrected chi connectivity index (χ3v) is 15.2. The SMILES string of the molecule is O=C1CCC(N2C(=O)c3cc(N4CCN(CCC5CCNCC5)CC4)ccc3C2O)C(=O)N1.O=C1CCC(N2Cc3cc(N4CCN(CCC5CCNCC5)CC4)ccc3C2=O)C(=O)N1. The summed E-state index contributed by atoms with van der Waals surface area (Å²) in [6, 6.07) is 10.3. The zero-order valence-electron chi connectivity index (χ0n) is 37.6. The van der Waals surface area contributed by atoms with Crippen molar-refractivity contribution >= 4 is 46.8 Å². The lowest BCUT2D eigenvalue weighted by Gasteiger charge is -2.37. The number of rotatable bonds is 10. The zero-order valence-corrected chi connectivity index (χ0v) is 37.6. The van der Waals surface area contributed by atoms with Crippen LogP contribution in [0.1, 0.15) is 102 Å². The van der Waals surface area contributed by atoms with Gasteiger partial charge in [-0.2, -0.15) is 0 Å². The zero-order chi connectivity index (χ0) is 45.0. The molecule has 65 heavy (non-hydrogen) atoms. The van der Waals surface area contributed by atoms with E-state index in [1.807, 2.05) is 24.3 Å². The third kappa shape index (κ3) is 10.2. The molecule has 0 aromatic heterocycles. The highest BCUT2D eigenvalue weighted by Gasteiger charge is 2.45. The maximum absolute atomic E-state index is 13.1. The van der Waals surface area contributed by atoms with Crippen LogP contribution in [-0.4, -0.2) is 164 Å². The molecular formula is C48H66N10O7. The molecule has 17 nitrogen and oxygen atoms in total. The van der Waals surface area contributed by atoms with Crippen LogP contribution < -0.4 is 31.1 Å². The number of nitrogens with one attached hydrogen (secondary N) is 4. The predicted molar refractivity (Wildman–Crippen MR) is 244 cm³/mol. The molecule has 3 unspecified atom stereocenters. The molecule has 6 fully saturated rings. The quantitative estimate of drug-likeness (QED) is 0.216. The molecule has 2 aromatic rings. The Morgan fingerprint density at radius 1 is 0.554 bits per heavy atom. The Bertz CT molecular complexity index is 2110. The van der Waals surface area contributed by atoms with E-state index in [4.69, 9.17) is 0 Å². The summed E-state index contributed by atoms with van der Waals surface area (Å²) in [6.07, 6.45) is 7.66. The second-order valence-corrected chi connectivity index (χ2v) is 19.2. The van der Waals surface area contributed by atoms with Gasteiger partial charge in [-0.3, -0.25) is 54.1 Å². The Kier molecular flexibility index (Phi) is 14.1. The standard InChI is InChI=1S/C24H33N5O4.C24H33N5O3/c30-21-4-3-20(22(31)26-21)29-23(32)18-2-1-17(15-19(18)24(29)33)28-13-11-27(12-14-28)10-7-16-5-8-25-9-6-16;30-22-4-3-21(23(31)26-22)29-16-18-15-19(1-2-20(18)24(29)32)28-13-11-27(12-14-28)10-7-17-5-8-25-9-6-17/h1-2,15-16,20,23,25,32H,3-14H2,(H,26,30,31);1-2,15,17,21,25H,3-14,16H2,(H,26,30,31). The second-order valence-electron chi connectivity index (χ2n) is 19.2. The molecule has 8 aliphatic heterocycles. The number of amides is 6. The van der Waals surface area contributed by atoms with E-state index in [9.17, 15) is 33.9 Å². The fourth-order valence-electron chi connectivity index (χ4n) is 11.1. The molecule has 8 aliphatic rings. The number of aliphatic hydroxyl groups excluding tert-OH is 1. The number of piperazine rings is 2. The van der Waals surface area contributed by atoms with Gasteiger partial charge in [0.05, 0.1) is 0 Å². The van der Waals surface area contributed by atoms with E-state index in [2.05, 4.69) is 46.9 Å². The van der Waals surface area contributed by atoms with Gasteiger partial charge in [-0.05, 0) is 138 Å². The molecule has 17 heteroatoms. The van der Waals surface area contributed by atoms with Crippen LogP contribution in [0.15, 0.2) is 36.4 Å². The average Bonchev–Trinajstić information content (AvgIpc) is 3.79. The van der Waals surface area contributed by atoms with Crippen LogP contribution in [-0.2, 0) is 25.7 Å². The Labute approximate surface area is 381 Å². The maximum Gasteiger partial charge on any atom is 0.257 e. The van der Waals surface area contributed by atoms with Crippen molar-refractivity contribution in [2.24, 2.45) is 11.8 Å². The average molecular weight is 895 g/mol. The smallest absolute Gasteiger partial charge is 0.257 e. The first-order chi connectivity index (χ1) is 31.6. The van der Waals surface area contributed by atoms with Gasteiger partial charge < -0.3 is 30.4 Å². The summed E-state index contributed by atoms with van der Waals surface area (Å²) in [5.74, 6) is -0.227. The molecule has 6 amide bonds. The Morgan fingerprint density at radius 2 is 1.06 bits per heavy atom. The summed E-state index contributed by atoms with van der Waals surface area (Å²) in [4.78, 5) is 86.1. The number of hydrogen-bond acceptors (Lipinski definition) is 13. The normalized spacial score (nSPS) is 26.2. The molecule has 6 saturated heterocycles. The van der Waals surface area contributed by atoms with Gasteiger partial charge in [-0.15, -0.1) is 0 Å². The molecular weight excluding hydrogens is 829 g/mol. The van der Waals surface area contributed by atoms with E-state index in [1.165, 1.54) is 63.1 Å². The predicted octanol–water partition coefficient (Wildman–Crippen LogP) is 1.41. The first-order valence-electron chi connectivity index (χ1n) is 24.2. The van der Waals surface area contributed by atoms with Crippen LogP contribution in [0.3, 0.4) is 0 Å². The number of fused-ring (bicyclic) bond motifs is 2. The highest BCUT2D eigenvalue weighted by Crippen LogP contribution is 2.38. The molecule has 0 bridgehead atoms. The van der Waals surface area contributed by atoms with Crippen LogP contribution in [0.4, 0.5) is 11.4 Å². The molecule has 2 aromatic carbocycles. The topological polar surface area (TPSA) is 190 Å². The largest absolute Gasteiger partial charge is 0.369 e. The van der Waals surface area contributed by atoms with Gasteiger partial charge in [0.15, 0.2) is 6.23 Å². The van der Waals surface area contributed by atoms with Crippen LogP contribution >= 0.6 is 0 Å². The number of anilines is 2. The van der Waals surface area contributed by atoms with Crippen molar-refractivity contribution in [3.8, 4) is 0 Å². The van der Waals surface area contributed by atoms with Crippen molar-refractivity contribution in [1.82, 2.24) is 40.9 Å². The summed E-state index contributed by atoms with van der Waals surface area (Å²) in [5, 5.41) is 22.3. The summed E-state index contributed by atoms with van der Waals surface area (Å²) in [7, 11) is 0. The van der Waals surface area contributed by atoms with Gasteiger partial charge >= 0.3 is 0 Å². The molecule has 5 N–H and O–H groups in total. The lowest BCUT2D eigenvalue weighted by atomic mass is 9.94. The van der Waals surface area contributed by atoms with E-state index in [1.54, 1.807) is 11.0 Å². The number of imide groups is 2. The Hall–Kier alpha value is -4.94. The van der Waals surface area contributed by atoms with Crippen LogP contribution in [0.5, 0.6) is 0 Å². The van der Waals surface area contributed by atoms with Crippen LogP contribution in [0.2, 0.25) is 0 Å². The van der Waals surface area contributed by atoms with E-state index in [0.717, 1.165) is 101 Å². The molecule has 8 heterocycles. The van der Waals surface area contributed by atoms with E-state index >= 15 is 0 Å². The molecule has 3 atom stereocenters. The minimum atomic E-state index is -1.17. The second kappa shape index (κ2) is 20.3. The number of hydrogen-bond donors (Lipinski definition) is 5. The van der Waals surface area contributed by atoms with Gasteiger partial charge in [-0.25, -0.2) is 0 Å². The number of carbonyl (C=O) groups excluding carboxylic acids is 6. The number of piperidine rings is 4. The minimum Gasteiger partial charge on any atom is -0.369 e. The van der Waals surface area contributed by atoms with Crippen molar-refractivity contribution in [3.63, 3.8) is 0 Å². The lowest BCUT2D eigenvalue weighted by molar-refractivity contribution is -0.140. The highest BCUT2D eigenvalue weighted by molar-refractivity contribution is 6.07. The monoisotopic (exact) mass is 895 g/mol. The molecule has 0 aliphatic carbocycles. The highest BCUT2D eigenvalue weighted by atomic mass is 16.3. The van der Waals surface area contributed by atoms with Gasteiger partial charge in [0.25, 0.3) is 11.8 Å². The minimum absolute atomic E-state index is 0.108. The lowest BCUT2D eigenvalue weighted by Crippen LogP contribution is -2.53. The Balaban J connectivity index is 0.000000164. The fraction of sp³-hybridized carbons (Fsp3) is 0.625. The van der Waals surface area contributed by atoms with Gasteiger partial charge in [0, 0.05) is 99.8 Å². The number of benzene rings is 2. The van der Waals surface area contributed by atoms with Crippen molar-refractivity contribution in [2.75, 3.05) is 101 Å². The Morgan fingerprint density at radius 3 is 1.60 bits per heavy atom. The molecule has 0 spiro atoms. The molecule has 10 rings (SSSR count). The molecule has 0 saturated carbocycles. The first kappa shape index (κ1) is 45.2. The van der Waals surface area contributed by atoms with Gasteiger partial charge in [-0.1, -0.05) is 6.07 Å². The summed E-state index contributed by atoms with van der Waals surface area (Å²) < 4.78 is 0. The van der Waals surface area contributed by atoms with Crippen molar-refractivity contribution < 1.29 is 33.9 Å². The fourth-order valence-corrected chi connectivity index (χ4v) is 11.1. The summed E-state index contributed by atoms with van der Waals surface area (Å²) >= 11 is 0. The van der Waals surface area contributed by atoms with Crippen LogP contribution in [0, 0.1) is 11.8 Å². The summed E-state index contributed by atoms with van der Waals surface area (Å²) in [6.45, 7) is 15.3. The third-order valence-electron chi connectivity index (χ3n) is 15.2. The first-order valence-corrected chi connectivity index (χ1v) is 24.2. The van der Waals surface area contributed by atoms with Gasteiger partial charge in [0.2, 0.25) is 23.6 Å².